The average Bonchev–Trinajstić information content (AvgIpc) is 2.35. The Kier molecular flexibility index (Phi) is 3.73. The smallest absolute Gasteiger partial charge is 0.162 e. The number of benzene rings is 1. The predicted molar refractivity (Wildman–Crippen MR) is 73.5 cm³/mol. The molecule has 0 aliphatic carbocycles. The van der Waals surface area contributed by atoms with Crippen LogP contribution in [0.2, 0.25) is 10.2 Å². The highest BCUT2D eigenvalue weighted by atomic mass is 35.5. The van der Waals surface area contributed by atoms with Crippen molar-refractivity contribution in [3.05, 3.63) is 39.6 Å². The van der Waals surface area contributed by atoms with E-state index >= 15 is 0 Å². The predicted octanol–water partition coefficient (Wildman–Crippen LogP) is 4.08. The van der Waals surface area contributed by atoms with Crippen LogP contribution >= 0.6 is 23.2 Å². The Labute approximate surface area is 116 Å². The van der Waals surface area contributed by atoms with Gasteiger partial charge < -0.3 is 4.74 Å². The summed E-state index contributed by atoms with van der Waals surface area (Å²) in [6.07, 6.45) is 0. The zero-order chi connectivity index (χ0) is 13.3. The van der Waals surface area contributed by atoms with E-state index in [0.29, 0.717) is 27.3 Å². The van der Waals surface area contributed by atoms with Crippen molar-refractivity contribution in [2.45, 2.75) is 13.8 Å². The summed E-state index contributed by atoms with van der Waals surface area (Å²) in [6, 6.07) is 5.46. The number of methoxy groups -OCH3 is 1. The molecule has 0 spiro atoms. The molecule has 1 heterocycles. The molecule has 1 aromatic heterocycles. The quantitative estimate of drug-likeness (QED) is 0.779. The van der Waals surface area contributed by atoms with E-state index < -0.39 is 0 Å². The lowest BCUT2D eigenvalue weighted by molar-refractivity contribution is 0.415. The van der Waals surface area contributed by atoms with Crippen molar-refractivity contribution in [1.82, 2.24) is 9.97 Å². The van der Waals surface area contributed by atoms with Gasteiger partial charge in [0, 0.05) is 16.8 Å². The van der Waals surface area contributed by atoms with Crippen molar-refractivity contribution in [1.29, 1.82) is 0 Å². The van der Waals surface area contributed by atoms with Gasteiger partial charge in [-0.1, -0.05) is 29.3 Å². The molecular weight excluding hydrogens is 271 g/mol. The number of hydrogen-bond donors (Lipinski definition) is 0. The average molecular weight is 283 g/mol. The van der Waals surface area contributed by atoms with Gasteiger partial charge in [-0.05, 0) is 26.0 Å². The second kappa shape index (κ2) is 5.12. The number of aromatic nitrogens is 2. The third-order valence-electron chi connectivity index (χ3n) is 2.75. The van der Waals surface area contributed by atoms with Gasteiger partial charge in [0.2, 0.25) is 0 Å². The summed E-state index contributed by atoms with van der Waals surface area (Å²) >= 11 is 12.3. The summed E-state index contributed by atoms with van der Waals surface area (Å²) in [5.74, 6) is 1.10. The first-order valence-electron chi connectivity index (χ1n) is 5.38. The SMILES string of the molecule is COc1cccc(-c2nc(C)c(C)c(Cl)n2)c1Cl. The molecule has 1 aromatic carbocycles. The van der Waals surface area contributed by atoms with Gasteiger partial charge >= 0.3 is 0 Å². The molecule has 2 aromatic rings. The van der Waals surface area contributed by atoms with E-state index in [1.807, 2.05) is 26.0 Å². The normalized spacial score (nSPS) is 10.5. The lowest BCUT2D eigenvalue weighted by Crippen LogP contribution is -1.97. The summed E-state index contributed by atoms with van der Waals surface area (Å²) in [7, 11) is 1.57. The number of hydrogen-bond acceptors (Lipinski definition) is 3. The fourth-order valence-corrected chi connectivity index (χ4v) is 2.06. The van der Waals surface area contributed by atoms with Crippen molar-refractivity contribution in [2.24, 2.45) is 0 Å². The van der Waals surface area contributed by atoms with Gasteiger partial charge in [-0.15, -0.1) is 0 Å². The first-order chi connectivity index (χ1) is 8.54. The molecule has 0 fully saturated rings. The molecule has 0 saturated carbocycles. The second-order valence-electron chi connectivity index (χ2n) is 3.87. The van der Waals surface area contributed by atoms with Crippen LogP contribution in [0.3, 0.4) is 0 Å². The molecule has 0 bridgehead atoms. The van der Waals surface area contributed by atoms with Crippen LogP contribution in [-0.4, -0.2) is 17.1 Å². The number of aryl methyl sites for hydroxylation is 1. The molecule has 0 N–H and O–H groups in total. The van der Waals surface area contributed by atoms with Crippen LogP contribution in [0.15, 0.2) is 18.2 Å². The highest BCUT2D eigenvalue weighted by Crippen LogP contribution is 2.34. The highest BCUT2D eigenvalue weighted by Gasteiger charge is 2.13. The molecule has 0 unspecified atom stereocenters. The molecule has 0 aliphatic rings. The van der Waals surface area contributed by atoms with E-state index in [-0.39, 0.29) is 0 Å². The Balaban J connectivity index is 2.62. The largest absolute Gasteiger partial charge is 0.495 e. The lowest BCUT2D eigenvalue weighted by atomic mass is 10.2. The molecule has 94 valence electrons. The lowest BCUT2D eigenvalue weighted by Gasteiger charge is -2.09. The van der Waals surface area contributed by atoms with Gasteiger partial charge in [0.25, 0.3) is 0 Å². The molecule has 18 heavy (non-hydrogen) atoms. The Morgan fingerprint density at radius 3 is 2.44 bits per heavy atom. The van der Waals surface area contributed by atoms with Crippen molar-refractivity contribution in [2.75, 3.05) is 7.11 Å². The second-order valence-corrected chi connectivity index (χ2v) is 4.61. The summed E-state index contributed by atoms with van der Waals surface area (Å²) in [6.45, 7) is 3.77. The van der Waals surface area contributed by atoms with E-state index in [9.17, 15) is 0 Å². The zero-order valence-corrected chi connectivity index (χ0v) is 11.8. The zero-order valence-electron chi connectivity index (χ0n) is 10.3. The molecule has 0 amide bonds. The molecule has 5 heteroatoms. The van der Waals surface area contributed by atoms with Crippen molar-refractivity contribution in [3.8, 4) is 17.1 Å². The van der Waals surface area contributed by atoms with E-state index in [0.717, 1.165) is 11.3 Å². The van der Waals surface area contributed by atoms with E-state index in [4.69, 9.17) is 27.9 Å². The van der Waals surface area contributed by atoms with E-state index in [2.05, 4.69) is 9.97 Å². The minimum Gasteiger partial charge on any atom is -0.495 e. The Bertz CT molecular complexity index is 577. The van der Waals surface area contributed by atoms with Gasteiger partial charge in [0.1, 0.15) is 10.9 Å². The molecule has 0 radical (unpaired) electrons. The Hall–Kier alpha value is -1.32. The Morgan fingerprint density at radius 2 is 1.83 bits per heavy atom. The van der Waals surface area contributed by atoms with Crippen LogP contribution < -0.4 is 4.74 Å². The summed E-state index contributed by atoms with van der Waals surface area (Å²) in [5, 5.41) is 0.927. The molecule has 2 rings (SSSR count). The maximum absolute atomic E-state index is 6.24. The summed E-state index contributed by atoms with van der Waals surface area (Å²) < 4.78 is 5.17. The minimum absolute atomic E-state index is 0.441. The fourth-order valence-electron chi connectivity index (χ4n) is 1.56. The van der Waals surface area contributed by atoms with Crippen LogP contribution in [0.4, 0.5) is 0 Å². The molecule has 0 saturated heterocycles. The van der Waals surface area contributed by atoms with Crippen LogP contribution in [0.25, 0.3) is 11.4 Å². The van der Waals surface area contributed by atoms with Crippen LogP contribution in [0.5, 0.6) is 5.75 Å². The van der Waals surface area contributed by atoms with Gasteiger partial charge in [-0.3, -0.25) is 0 Å². The standard InChI is InChI=1S/C13H12Cl2N2O/c1-7-8(2)16-13(17-12(7)15)9-5-4-6-10(18-3)11(9)14/h4-6H,1-3H3. The first kappa shape index (κ1) is 13.1. The number of ether oxygens (including phenoxy) is 1. The third kappa shape index (κ3) is 2.28. The molecule has 3 nitrogen and oxygen atoms in total. The van der Waals surface area contributed by atoms with Crippen LogP contribution in [0.1, 0.15) is 11.3 Å². The van der Waals surface area contributed by atoms with Crippen LogP contribution in [-0.2, 0) is 0 Å². The maximum atomic E-state index is 6.24. The van der Waals surface area contributed by atoms with Gasteiger partial charge in [0.05, 0.1) is 12.1 Å². The topological polar surface area (TPSA) is 35.0 Å². The Morgan fingerprint density at radius 1 is 1.11 bits per heavy atom. The third-order valence-corrected chi connectivity index (χ3v) is 3.51. The highest BCUT2D eigenvalue weighted by molar-refractivity contribution is 6.34. The number of rotatable bonds is 2. The van der Waals surface area contributed by atoms with Gasteiger partial charge in [-0.2, -0.15) is 0 Å². The van der Waals surface area contributed by atoms with Gasteiger partial charge in [0.15, 0.2) is 5.82 Å². The fraction of sp³-hybridized carbons (Fsp3) is 0.231. The van der Waals surface area contributed by atoms with E-state index in [1.54, 1.807) is 13.2 Å². The minimum atomic E-state index is 0.441. The van der Waals surface area contributed by atoms with Crippen molar-refractivity contribution in [3.63, 3.8) is 0 Å². The summed E-state index contributed by atoms with van der Waals surface area (Å²) in [5.41, 5.74) is 2.42. The monoisotopic (exact) mass is 282 g/mol. The number of halogens is 2. The van der Waals surface area contributed by atoms with Crippen LogP contribution in [0, 0.1) is 13.8 Å². The first-order valence-corrected chi connectivity index (χ1v) is 6.13. The number of nitrogens with zero attached hydrogens (tertiary/aromatic N) is 2. The van der Waals surface area contributed by atoms with Crippen molar-refractivity contribution < 1.29 is 4.74 Å². The van der Waals surface area contributed by atoms with Crippen molar-refractivity contribution >= 4 is 23.2 Å². The molecular formula is C13H12Cl2N2O. The summed E-state index contributed by atoms with van der Waals surface area (Å²) in [4.78, 5) is 8.66. The molecule has 0 aliphatic heterocycles. The van der Waals surface area contributed by atoms with E-state index in [1.165, 1.54) is 0 Å². The molecule has 0 atom stereocenters. The maximum Gasteiger partial charge on any atom is 0.162 e. The van der Waals surface area contributed by atoms with Gasteiger partial charge in [-0.25, -0.2) is 9.97 Å².